The molecule has 0 fully saturated rings. The number of carbonyl (C=O) groups is 1. The normalized spacial score (nSPS) is 13.1. The summed E-state index contributed by atoms with van der Waals surface area (Å²) in [6.07, 6.45) is 2.08. The lowest BCUT2D eigenvalue weighted by Crippen LogP contribution is -2.25. The van der Waals surface area contributed by atoms with E-state index in [0.717, 1.165) is 6.42 Å². The zero-order valence-corrected chi connectivity index (χ0v) is 7.42. The molecule has 1 N–H and O–H groups in total. The Bertz CT molecular complexity index is 143. The molecule has 0 heterocycles. The average molecular weight is 156 g/mol. The molecular formula is C8H16N2O. The summed E-state index contributed by atoms with van der Waals surface area (Å²) in [6, 6.07) is 0.440. The van der Waals surface area contributed by atoms with Gasteiger partial charge in [-0.3, -0.25) is 4.79 Å². The molecule has 11 heavy (non-hydrogen) atoms. The van der Waals surface area contributed by atoms with Crippen LogP contribution in [0.25, 0.3) is 0 Å². The van der Waals surface area contributed by atoms with E-state index in [-0.39, 0.29) is 5.71 Å². The van der Waals surface area contributed by atoms with E-state index in [9.17, 15) is 4.79 Å². The third kappa shape index (κ3) is 4.67. The Balaban J connectivity index is 3.53. The Morgan fingerprint density at radius 2 is 2.18 bits per heavy atom. The maximum atomic E-state index is 10.0. The van der Waals surface area contributed by atoms with Gasteiger partial charge in [0.25, 0.3) is 0 Å². The Hall–Kier alpha value is -0.700. The summed E-state index contributed by atoms with van der Waals surface area (Å²) in [5, 5.41) is 7.09. The lowest BCUT2D eigenvalue weighted by Gasteiger charge is -2.18. The molecule has 1 atom stereocenters. The van der Waals surface area contributed by atoms with Crippen molar-refractivity contribution in [3.63, 3.8) is 0 Å². The van der Waals surface area contributed by atoms with Gasteiger partial charge in [-0.25, -0.2) is 0 Å². The Kier molecular flexibility index (Phi) is 4.70. The quantitative estimate of drug-likeness (QED) is 0.475. The largest absolute Gasteiger partial charge is 0.307 e. The first-order valence-corrected chi connectivity index (χ1v) is 3.77. The van der Waals surface area contributed by atoms with Crippen molar-refractivity contribution in [1.82, 2.24) is 4.90 Å². The summed E-state index contributed by atoms with van der Waals surface area (Å²) in [5.41, 5.74) is 0.193. The third-order valence-electron chi connectivity index (χ3n) is 1.86. The van der Waals surface area contributed by atoms with Crippen LogP contribution in [0.1, 0.15) is 19.8 Å². The first kappa shape index (κ1) is 10.3. The highest BCUT2D eigenvalue weighted by molar-refractivity contribution is 6.26. The van der Waals surface area contributed by atoms with Gasteiger partial charge in [-0.2, -0.15) is 0 Å². The molecule has 0 spiro atoms. The SMILES string of the molecule is CC(CCC(=N)C=O)N(C)C. The fourth-order valence-corrected chi connectivity index (χ4v) is 0.682. The topological polar surface area (TPSA) is 44.2 Å². The lowest BCUT2D eigenvalue weighted by molar-refractivity contribution is -0.102. The van der Waals surface area contributed by atoms with Gasteiger partial charge in [0.1, 0.15) is 0 Å². The van der Waals surface area contributed by atoms with Gasteiger partial charge in [0.15, 0.2) is 6.29 Å². The number of carbonyl (C=O) groups excluding carboxylic acids is 1. The van der Waals surface area contributed by atoms with Gasteiger partial charge >= 0.3 is 0 Å². The van der Waals surface area contributed by atoms with Crippen LogP contribution >= 0.6 is 0 Å². The Morgan fingerprint density at radius 1 is 1.64 bits per heavy atom. The first-order chi connectivity index (χ1) is 5.07. The highest BCUT2D eigenvalue weighted by Crippen LogP contribution is 2.01. The van der Waals surface area contributed by atoms with Gasteiger partial charge < -0.3 is 10.3 Å². The van der Waals surface area contributed by atoms with Crippen molar-refractivity contribution in [3.8, 4) is 0 Å². The van der Waals surface area contributed by atoms with Crippen molar-refractivity contribution in [2.24, 2.45) is 0 Å². The van der Waals surface area contributed by atoms with E-state index in [1.807, 2.05) is 14.1 Å². The Labute approximate surface area is 67.9 Å². The number of nitrogens with zero attached hydrogens (tertiary/aromatic N) is 1. The second-order valence-electron chi connectivity index (χ2n) is 2.99. The Morgan fingerprint density at radius 3 is 2.55 bits per heavy atom. The van der Waals surface area contributed by atoms with Gasteiger partial charge in [0.05, 0.1) is 5.71 Å². The molecule has 0 aliphatic rings. The van der Waals surface area contributed by atoms with Crippen molar-refractivity contribution in [2.75, 3.05) is 14.1 Å². The second kappa shape index (κ2) is 5.02. The summed E-state index contributed by atoms with van der Waals surface area (Å²) in [5.74, 6) is 0. The minimum Gasteiger partial charge on any atom is -0.307 e. The van der Waals surface area contributed by atoms with Crippen LogP contribution in [-0.4, -0.2) is 37.0 Å². The van der Waals surface area contributed by atoms with Crippen LogP contribution in [0.2, 0.25) is 0 Å². The number of nitrogens with one attached hydrogen (secondary N) is 1. The van der Waals surface area contributed by atoms with E-state index in [4.69, 9.17) is 5.41 Å². The number of rotatable bonds is 5. The molecule has 0 radical (unpaired) electrons. The van der Waals surface area contributed by atoms with Crippen LogP contribution in [0.5, 0.6) is 0 Å². The minimum atomic E-state index is 0.193. The molecule has 0 rings (SSSR count). The van der Waals surface area contributed by atoms with Gasteiger partial charge in [0.2, 0.25) is 0 Å². The van der Waals surface area contributed by atoms with Crippen molar-refractivity contribution in [1.29, 1.82) is 5.41 Å². The molecule has 0 aromatic carbocycles. The predicted octanol–water partition coefficient (Wildman–Crippen LogP) is 0.935. The van der Waals surface area contributed by atoms with Crippen LogP contribution in [0.3, 0.4) is 0 Å². The zero-order chi connectivity index (χ0) is 8.85. The second-order valence-corrected chi connectivity index (χ2v) is 2.99. The molecule has 64 valence electrons. The predicted molar refractivity (Wildman–Crippen MR) is 46.2 cm³/mol. The van der Waals surface area contributed by atoms with Crippen LogP contribution in [-0.2, 0) is 4.79 Å². The number of hydrogen-bond acceptors (Lipinski definition) is 3. The fraction of sp³-hybridized carbons (Fsp3) is 0.750. The molecule has 0 aliphatic carbocycles. The molecule has 0 amide bonds. The minimum absolute atomic E-state index is 0.193. The van der Waals surface area contributed by atoms with E-state index < -0.39 is 0 Å². The molecule has 0 aromatic rings. The van der Waals surface area contributed by atoms with Gasteiger partial charge in [-0.15, -0.1) is 0 Å². The molecule has 0 aliphatic heterocycles. The van der Waals surface area contributed by atoms with Crippen molar-refractivity contribution in [3.05, 3.63) is 0 Å². The molecule has 0 aromatic heterocycles. The molecule has 3 heteroatoms. The maximum Gasteiger partial charge on any atom is 0.163 e. The van der Waals surface area contributed by atoms with Crippen molar-refractivity contribution >= 4 is 12.0 Å². The van der Waals surface area contributed by atoms with E-state index in [1.165, 1.54) is 0 Å². The van der Waals surface area contributed by atoms with Gasteiger partial charge in [-0.1, -0.05) is 0 Å². The highest BCUT2D eigenvalue weighted by Gasteiger charge is 2.04. The van der Waals surface area contributed by atoms with Crippen LogP contribution in [0, 0.1) is 5.41 Å². The van der Waals surface area contributed by atoms with E-state index in [0.29, 0.717) is 18.7 Å². The van der Waals surface area contributed by atoms with Crippen LogP contribution in [0.4, 0.5) is 0 Å². The molecule has 1 unspecified atom stereocenters. The van der Waals surface area contributed by atoms with Crippen molar-refractivity contribution in [2.45, 2.75) is 25.8 Å². The number of hydrogen-bond donors (Lipinski definition) is 1. The van der Waals surface area contributed by atoms with Crippen LogP contribution < -0.4 is 0 Å². The summed E-state index contributed by atoms with van der Waals surface area (Å²) in [7, 11) is 3.99. The average Bonchev–Trinajstić information content (AvgIpc) is 1.99. The number of aldehydes is 1. The van der Waals surface area contributed by atoms with Gasteiger partial charge in [0, 0.05) is 6.04 Å². The summed E-state index contributed by atoms with van der Waals surface area (Å²) >= 11 is 0. The van der Waals surface area contributed by atoms with Gasteiger partial charge in [-0.05, 0) is 33.9 Å². The van der Waals surface area contributed by atoms with E-state index >= 15 is 0 Å². The standard InChI is InChI=1S/C8H16N2O/c1-7(10(2)3)4-5-8(9)6-11/h6-7,9H,4-5H2,1-3H3. The highest BCUT2D eigenvalue weighted by atomic mass is 16.1. The maximum absolute atomic E-state index is 10.0. The summed E-state index contributed by atoms with van der Waals surface area (Å²) < 4.78 is 0. The smallest absolute Gasteiger partial charge is 0.163 e. The zero-order valence-electron chi connectivity index (χ0n) is 7.42. The first-order valence-electron chi connectivity index (χ1n) is 3.77. The molecule has 0 saturated heterocycles. The molecule has 0 saturated carbocycles. The molecule has 3 nitrogen and oxygen atoms in total. The fourth-order valence-electron chi connectivity index (χ4n) is 0.682. The summed E-state index contributed by atoms with van der Waals surface area (Å²) in [6.45, 7) is 2.08. The third-order valence-corrected chi connectivity index (χ3v) is 1.86. The van der Waals surface area contributed by atoms with E-state index in [1.54, 1.807) is 0 Å². The van der Waals surface area contributed by atoms with Crippen molar-refractivity contribution < 1.29 is 4.79 Å². The summed E-state index contributed by atoms with van der Waals surface area (Å²) in [4.78, 5) is 12.1. The monoisotopic (exact) mass is 156 g/mol. The van der Waals surface area contributed by atoms with Crippen LogP contribution in [0.15, 0.2) is 0 Å². The molecule has 0 bridgehead atoms. The lowest BCUT2D eigenvalue weighted by atomic mass is 10.1. The van der Waals surface area contributed by atoms with E-state index in [2.05, 4.69) is 11.8 Å². The molecular weight excluding hydrogens is 140 g/mol.